The summed E-state index contributed by atoms with van der Waals surface area (Å²) in [7, 11) is 1.61. The standard InChI is InChI=1S/C14H15ClN2O2/c1-8-5-9(3-4-12(8)19-2)13(18)11-6-10(15)7-17-14(11)16/h3-7,13,18H,1-2H3,(H2,16,17). The van der Waals surface area contributed by atoms with Crippen LogP contribution in [0, 0.1) is 6.92 Å². The Morgan fingerprint density at radius 2 is 2.11 bits per heavy atom. The zero-order valence-corrected chi connectivity index (χ0v) is 11.5. The van der Waals surface area contributed by atoms with Crippen molar-refractivity contribution >= 4 is 17.4 Å². The molecule has 4 nitrogen and oxygen atoms in total. The van der Waals surface area contributed by atoms with Gasteiger partial charge < -0.3 is 15.6 Å². The Labute approximate surface area is 116 Å². The maximum absolute atomic E-state index is 10.4. The van der Waals surface area contributed by atoms with Gasteiger partial charge in [-0.1, -0.05) is 17.7 Å². The number of methoxy groups -OCH3 is 1. The fraction of sp³-hybridized carbons (Fsp3) is 0.214. The number of aromatic nitrogens is 1. The molecule has 0 radical (unpaired) electrons. The molecule has 2 aromatic rings. The number of nitrogens with zero attached hydrogens (tertiary/aromatic N) is 1. The highest BCUT2D eigenvalue weighted by atomic mass is 35.5. The highest BCUT2D eigenvalue weighted by Crippen LogP contribution is 2.30. The van der Waals surface area contributed by atoms with Crippen molar-refractivity contribution in [2.24, 2.45) is 0 Å². The van der Waals surface area contributed by atoms with Gasteiger partial charge in [-0.2, -0.15) is 0 Å². The third kappa shape index (κ3) is 2.80. The third-order valence-corrected chi connectivity index (χ3v) is 3.15. The quantitative estimate of drug-likeness (QED) is 0.906. The van der Waals surface area contributed by atoms with E-state index in [1.807, 2.05) is 19.1 Å². The molecular formula is C14H15ClN2O2. The molecule has 1 aromatic carbocycles. The lowest BCUT2D eigenvalue weighted by Gasteiger charge is -2.15. The Kier molecular flexibility index (Phi) is 3.93. The molecule has 0 saturated carbocycles. The molecule has 3 N–H and O–H groups in total. The number of benzene rings is 1. The van der Waals surface area contributed by atoms with Crippen LogP contribution in [0.2, 0.25) is 5.02 Å². The van der Waals surface area contributed by atoms with E-state index in [1.165, 1.54) is 6.20 Å². The van der Waals surface area contributed by atoms with E-state index in [2.05, 4.69) is 4.98 Å². The lowest BCUT2D eigenvalue weighted by molar-refractivity contribution is 0.220. The minimum Gasteiger partial charge on any atom is -0.496 e. The predicted octanol–water partition coefficient (Wildman–Crippen LogP) is 2.72. The zero-order chi connectivity index (χ0) is 14.0. The SMILES string of the molecule is COc1ccc(C(O)c2cc(Cl)cnc2N)cc1C. The van der Waals surface area contributed by atoms with Crippen molar-refractivity contribution in [2.45, 2.75) is 13.0 Å². The summed E-state index contributed by atoms with van der Waals surface area (Å²) in [4.78, 5) is 3.94. The van der Waals surface area contributed by atoms with Crippen LogP contribution >= 0.6 is 11.6 Å². The van der Waals surface area contributed by atoms with Crippen LogP contribution in [-0.4, -0.2) is 17.2 Å². The Hall–Kier alpha value is -1.78. The smallest absolute Gasteiger partial charge is 0.129 e. The van der Waals surface area contributed by atoms with Gasteiger partial charge in [-0.25, -0.2) is 4.98 Å². The van der Waals surface area contributed by atoms with Crippen LogP contribution in [-0.2, 0) is 0 Å². The predicted molar refractivity (Wildman–Crippen MR) is 75.5 cm³/mol. The Balaban J connectivity index is 2.41. The van der Waals surface area contributed by atoms with E-state index in [9.17, 15) is 5.11 Å². The van der Waals surface area contributed by atoms with Crippen molar-refractivity contribution in [2.75, 3.05) is 12.8 Å². The van der Waals surface area contributed by atoms with Crippen molar-refractivity contribution in [1.82, 2.24) is 4.98 Å². The first-order chi connectivity index (χ1) is 9.02. The van der Waals surface area contributed by atoms with E-state index in [0.717, 1.165) is 11.3 Å². The molecule has 19 heavy (non-hydrogen) atoms. The van der Waals surface area contributed by atoms with Gasteiger partial charge >= 0.3 is 0 Å². The van der Waals surface area contributed by atoms with Crippen molar-refractivity contribution in [3.63, 3.8) is 0 Å². The van der Waals surface area contributed by atoms with E-state index in [-0.39, 0.29) is 5.82 Å². The number of hydrogen-bond acceptors (Lipinski definition) is 4. The Morgan fingerprint density at radius 3 is 2.74 bits per heavy atom. The molecule has 1 atom stereocenters. The summed E-state index contributed by atoms with van der Waals surface area (Å²) in [6.07, 6.45) is 0.586. The normalized spacial score (nSPS) is 12.2. The topological polar surface area (TPSA) is 68.4 Å². The number of nitrogens with two attached hydrogens (primary N) is 1. The Bertz CT molecular complexity index is 602. The second-order valence-corrected chi connectivity index (χ2v) is 4.70. The molecule has 0 aliphatic rings. The largest absolute Gasteiger partial charge is 0.496 e. The highest BCUT2D eigenvalue weighted by Gasteiger charge is 2.16. The maximum atomic E-state index is 10.4. The van der Waals surface area contributed by atoms with Crippen molar-refractivity contribution in [3.8, 4) is 5.75 Å². The fourth-order valence-corrected chi connectivity index (χ4v) is 2.10. The number of nitrogen functional groups attached to an aromatic ring is 1. The maximum Gasteiger partial charge on any atom is 0.129 e. The van der Waals surface area contributed by atoms with Crippen LogP contribution in [0.4, 0.5) is 5.82 Å². The molecule has 100 valence electrons. The summed E-state index contributed by atoms with van der Waals surface area (Å²) >= 11 is 5.88. The van der Waals surface area contributed by atoms with Crippen LogP contribution < -0.4 is 10.5 Å². The number of rotatable bonds is 3. The van der Waals surface area contributed by atoms with Gasteiger partial charge in [-0.05, 0) is 36.2 Å². The monoisotopic (exact) mass is 278 g/mol. The van der Waals surface area contributed by atoms with Gasteiger partial charge in [-0.3, -0.25) is 0 Å². The van der Waals surface area contributed by atoms with Crippen LogP contribution in [0.5, 0.6) is 5.75 Å². The number of aliphatic hydroxyl groups excluding tert-OH is 1. The number of aliphatic hydroxyl groups is 1. The van der Waals surface area contributed by atoms with E-state index >= 15 is 0 Å². The first kappa shape index (κ1) is 13.6. The van der Waals surface area contributed by atoms with Crippen molar-refractivity contribution in [3.05, 3.63) is 52.2 Å². The van der Waals surface area contributed by atoms with Crippen LogP contribution in [0.1, 0.15) is 22.8 Å². The number of aryl methyl sites for hydroxylation is 1. The van der Waals surface area contributed by atoms with E-state index in [1.54, 1.807) is 19.2 Å². The number of halogens is 1. The minimum atomic E-state index is -0.865. The van der Waals surface area contributed by atoms with E-state index in [0.29, 0.717) is 16.1 Å². The molecular weight excluding hydrogens is 264 g/mol. The second-order valence-electron chi connectivity index (χ2n) is 4.26. The van der Waals surface area contributed by atoms with Crippen LogP contribution in [0.25, 0.3) is 0 Å². The summed E-state index contributed by atoms with van der Waals surface area (Å²) in [6, 6.07) is 7.07. The van der Waals surface area contributed by atoms with Crippen molar-refractivity contribution in [1.29, 1.82) is 0 Å². The first-order valence-corrected chi connectivity index (χ1v) is 6.14. The van der Waals surface area contributed by atoms with Gasteiger partial charge in [0.05, 0.1) is 12.1 Å². The molecule has 0 spiro atoms. The Morgan fingerprint density at radius 1 is 1.37 bits per heavy atom. The number of hydrogen-bond donors (Lipinski definition) is 2. The summed E-state index contributed by atoms with van der Waals surface area (Å²) < 4.78 is 5.19. The molecule has 1 unspecified atom stereocenters. The second kappa shape index (κ2) is 5.47. The summed E-state index contributed by atoms with van der Waals surface area (Å²) in [5, 5.41) is 10.8. The van der Waals surface area contributed by atoms with Crippen molar-refractivity contribution < 1.29 is 9.84 Å². The lowest BCUT2D eigenvalue weighted by atomic mass is 10.00. The van der Waals surface area contributed by atoms with E-state index < -0.39 is 6.10 Å². The van der Waals surface area contributed by atoms with Crippen LogP contribution in [0.15, 0.2) is 30.5 Å². The third-order valence-electron chi connectivity index (χ3n) is 2.95. The minimum absolute atomic E-state index is 0.269. The number of ether oxygens (including phenoxy) is 1. The molecule has 0 amide bonds. The molecule has 0 saturated heterocycles. The van der Waals surface area contributed by atoms with E-state index in [4.69, 9.17) is 22.1 Å². The lowest BCUT2D eigenvalue weighted by Crippen LogP contribution is -2.06. The van der Waals surface area contributed by atoms with Gasteiger partial charge in [0.25, 0.3) is 0 Å². The molecule has 5 heteroatoms. The highest BCUT2D eigenvalue weighted by molar-refractivity contribution is 6.30. The summed E-state index contributed by atoms with van der Waals surface area (Å²) in [5.74, 6) is 1.04. The molecule has 0 aliphatic carbocycles. The molecule has 0 fully saturated rings. The number of anilines is 1. The van der Waals surface area contributed by atoms with Gasteiger partial charge in [0.15, 0.2) is 0 Å². The van der Waals surface area contributed by atoms with Gasteiger partial charge in [0.2, 0.25) is 0 Å². The fourth-order valence-electron chi connectivity index (χ4n) is 1.94. The molecule has 2 rings (SSSR count). The number of pyridine rings is 1. The average Bonchev–Trinajstić information content (AvgIpc) is 2.40. The van der Waals surface area contributed by atoms with Gasteiger partial charge in [0, 0.05) is 11.8 Å². The summed E-state index contributed by atoms with van der Waals surface area (Å²) in [6.45, 7) is 1.91. The molecule has 0 aliphatic heterocycles. The molecule has 1 aromatic heterocycles. The molecule has 1 heterocycles. The first-order valence-electron chi connectivity index (χ1n) is 5.76. The zero-order valence-electron chi connectivity index (χ0n) is 10.7. The molecule has 0 bridgehead atoms. The average molecular weight is 279 g/mol. The van der Waals surface area contributed by atoms with Crippen LogP contribution in [0.3, 0.4) is 0 Å². The van der Waals surface area contributed by atoms with Gasteiger partial charge in [0.1, 0.15) is 17.7 Å². The van der Waals surface area contributed by atoms with Gasteiger partial charge in [-0.15, -0.1) is 0 Å². The summed E-state index contributed by atoms with van der Waals surface area (Å²) in [5.41, 5.74) is 7.92.